The number of aromatic nitrogens is 1. The van der Waals surface area contributed by atoms with E-state index >= 15 is 0 Å². The molecule has 0 aliphatic heterocycles. The summed E-state index contributed by atoms with van der Waals surface area (Å²) >= 11 is 1.23. The summed E-state index contributed by atoms with van der Waals surface area (Å²) in [6, 6.07) is 3.40. The van der Waals surface area contributed by atoms with Gasteiger partial charge in [-0.25, -0.2) is 9.78 Å². The van der Waals surface area contributed by atoms with Gasteiger partial charge in [-0.15, -0.1) is 11.3 Å². The third-order valence-corrected chi connectivity index (χ3v) is 3.58. The fourth-order valence-electron chi connectivity index (χ4n) is 1.69. The first-order valence-electron chi connectivity index (χ1n) is 6.48. The van der Waals surface area contributed by atoms with Crippen molar-refractivity contribution in [2.45, 2.75) is 39.1 Å². The molecule has 2 rings (SSSR count). The highest BCUT2D eigenvalue weighted by Gasteiger charge is 2.30. The lowest BCUT2D eigenvalue weighted by Gasteiger charge is -2.19. The summed E-state index contributed by atoms with van der Waals surface area (Å²) in [7, 11) is 0. The molecule has 1 N–H and O–H groups in total. The number of carbonyl (C=O) groups excluding carboxylic acids is 1. The number of alkyl halides is 3. The van der Waals surface area contributed by atoms with E-state index < -0.39 is 23.4 Å². The Hall–Kier alpha value is -1.83. The van der Waals surface area contributed by atoms with Crippen LogP contribution in [0.25, 0.3) is 10.2 Å². The molecule has 1 aromatic heterocycles. The van der Waals surface area contributed by atoms with Crippen molar-refractivity contribution in [3.63, 3.8) is 0 Å². The van der Waals surface area contributed by atoms with Gasteiger partial charge in [0.2, 0.25) is 0 Å². The van der Waals surface area contributed by atoms with E-state index in [1.165, 1.54) is 17.4 Å². The second kappa shape index (κ2) is 5.75. The average Bonchev–Trinajstić information content (AvgIpc) is 2.74. The maximum absolute atomic E-state index is 12.6. The second-order valence-electron chi connectivity index (χ2n) is 5.64. The fourth-order valence-corrected chi connectivity index (χ4v) is 2.58. The predicted molar refractivity (Wildman–Crippen MR) is 77.7 cm³/mol. The van der Waals surface area contributed by atoms with Gasteiger partial charge in [0.15, 0.2) is 0 Å². The highest BCUT2D eigenvalue weighted by Crippen LogP contribution is 2.32. The number of hydrogen-bond donors (Lipinski definition) is 1. The van der Waals surface area contributed by atoms with E-state index in [1.807, 2.05) is 0 Å². The highest BCUT2D eigenvalue weighted by atomic mass is 32.1. The number of nitrogens with one attached hydrogen (secondary N) is 1. The number of ether oxygens (including phenoxy) is 1. The van der Waals surface area contributed by atoms with Gasteiger partial charge in [0.05, 0.1) is 22.3 Å². The third kappa shape index (κ3) is 4.33. The van der Waals surface area contributed by atoms with Crippen LogP contribution >= 0.6 is 11.3 Å². The van der Waals surface area contributed by atoms with E-state index in [0.717, 1.165) is 12.1 Å². The van der Waals surface area contributed by atoms with Crippen LogP contribution in [0.4, 0.5) is 18.0 Å². The van der Waals surface area contributed by atoms with E-state index in [9.17, 15) is 18.0 Å². The van der Waals surface area contributed by atoms with Gasteiger partial charge in [-0.05, 0) is 39.0 Å². The van der Waals surface area contributed by atoms with Crippen LogP contribution in [0.2, 0.25) is 0 Å². The number of alkyl carbamates (subject to hydrolysis) is 1. The van der Waals surface area contributed by atoms with Crippen molar-refractivity contribution in [1.82, 2.24) is 10.3 Å². The van der Waals surface area contributed by atoms with Crippen LogP contribution in [0, 0.1) is 0 Å². The fraction of sp³-hybridized carbons (Fsp3) is 0.429. The molecule has 0 radical (unpaired) electrons. The maximum Gasteiger partial charge on any atom is 0.416 e. The van der Waals surface area contributed by atoms with Crippen LogP contribution in [0.15, 0.2) is 18.2 Å². The molecule has 0 bridgehead atoms. The molecule has 0 atom stereocenters. The number of carbonyl (C=O) groups is 1. The van der Waals surface area contributed by atoms with Gasteiger partial charge in [0.25, 0.3) is 0 Å². The average molecular weight is 332 g/mol. The number of benzene rings is 1. The predicted octanol–water partition coefficient (Wildman–Crippen LogP) is 4.34. The van der Waals surface area contributed by atoms with Gasteiger partial charge in [-0.3, -0.25) is 0 Å². The number of hydrogen-bond acceptors (Lipinski definition) is 4. The minimum absolute atomic E-state index is 0.107. The topological polar surface area (TPSA) is 51.2 Å². The van der Waals surface area contributed by atoms with E-state index in [4.69, 9.17) is 4.74 Å². The molecule has 0 spiro atoms. The van der Waals surface area contributed by atoms with Crippen LogP contribution in [-0.4, -0.2) is 16.7 Å². The monoisotopic (exact) mass is 332 g/mol. The molecule has 22 heavy (non-hydrogen) atoms. The summed E-state index contributed by atoms with van der Waals surface area (Å²) in [5.41, 5.74) is -1.09. The van der Waals surface area contributed by atoms with E-state index in [1.54, 1.807) is 20.8 Å². The van der Waals surface area contributed by atoms with Crippen molar-refractivity contribution in [2.24, 2.45) is 0 Å². The zero-order chi connectivity index (χ0) is 16.5. The molecular weight excluding hydrogens is 317 g/mol. The number of amides is 1. The Morgan fingerprint density at radius 2 is 2.00 bits per heavy atom. The Kier molecular flexibility index (Phi) is 4.32. The molecule has 2 aromatic rings. The van der Waals surface area contributed by atoms with Crippen molar-refractivity contribution in [3.05, 3.63) is 28.8 Å². The zero-order valence-electron chi connectivity index (χ0n) is 12.2. The quantitative estimate of drug-likeness (QED) is 0.890. The number of fused-ring (bicyclic) bond motifs is 1. The zero-order valence-corrected chi connectivity index (χ0v) is 13.1. The third-order valence-electron chi connectivity index (χ3n) is 2.54. The largest absolute Gasteiger partial charge is 0.444 e. The number of halogens is 3. The van der Waals surface area contributed by atoms with Crippen molar-refractivity contribution in [1.29, 1.82) is 0 Å². The van der Waals surface area contributed by atoms with Crippen molar-refractivity contribution in [2.75, 3.05) is 0 Å². The van der Waals surface area contributed by atoms with Gasteiger partial charge < -0.3 is 10.1 Å². The molecule has 1 aromatic carbocycles. The molecule has 0 fully saturated rings. The Morgan fingerprint density at radius 1 is 1.32 bits per heavy atom. The molecule has 120 valence electrons. The first kappa shape index (κ1) is 16.5. The van der Waals surface area contributed by atoms with Crippen LogP contribution < -0.4 is 5.32 Å². The van der Waals surface area contributed by atoms with Crippen molar-refractivity contribution >= 4 is 27.6 Å². The molecule has 4 nitrogen and oxygen atoms in total. The van der Waals surface area contributed by atoms with Gasteiger partial charge in [0.1, 0.15) is 10.6 Å². The van der Waals surface area contributed by atoms with Gasteiger partial charge in [-0.2, -0.15) is 13.2 Å². The van der Waals surface area contributed by atoms with E-state index in [2.05, 4.69) is 10.3 Å². The lowest BCUT2D eigenvalue weighted by Crippen LogP contribution is -2.32. The summed E-state index contributed by atoms with van der Waals surface area (Å²) in [6.07, 6.45) is -4.99. The van der Waals surface area contributed by atoms with Crippen molar-refractivity contribution < 1.29 is 22.7 Å². The van der Waals surface area contributed by atoms with Gasteiger partial charge in [-0.1, -0.05) is 0 Å². The first-order valence-corrected chi connectivity index (χ1v) is 7.30. The molecule has 0 unspecified atom stereocenters. The molecular formula is C14H15F3N2O2S. The van der Waals surface area contributed by atoms with Gasteiger partial charge in [0, 0.05) is 0 Å². The van der Waals surface area contributed by atoms with Crippen LogP contribution in [0.3, 0.4) is 0 Å². The summed E-state index contributed by atoms with van der Waals surface area (Å²) < 4.78 is 43.6. The molecule has 8 heteroatoms. The van der Waals surface area contributed by atoms with E-state index in [0.29, 0.717) is 9.71 Å². The molecule has 0 aliphatic carbocycles. The summed E-state index contributed by atoms with van der Waals surface area (Å²) in [5, 5.41) is 3.04. The summed E-state index contributed by atoms with van der Waals surface area (Å²) in [4.78, 5) is 15.6. The standard InChI is InChI=1S/C14H15F3N2O2S/c1-13(2,3)21-12(20)18-7-11-19-9-6-8(14(15,16)17)4-5-10(9)22-11/h4-6H,7H2,1-3H3,(H,18,20). The molecule has 0 saturated heterocycles. The Bertz CT molecular complexity index is 689. The molecule has 1 amide bonds. The second-order valence-corrected chi connectivity index (χ2v) is 6.76. The smallest absolute Gasteiger partial charge is 0.416 e. The summed E-state index contributed by atoms with van der Waals surface area (Å²) in [6.45, 7) is 5.32. The minimum Gasteiger partial charge on any atom is -0.444 e. The number of nitrogens with zero attached hydrogens (tertiary/aromatic N) is 1. The first-order chi connectivity index (χ1) is 10.0. The van der Waals surface area contributed by atoms with E-state index in [-0.39, 0.29) is 12.1 Å². The SMILES string of the molecule is CC(C)(C)OC(=O)NCc1nc2cc(C(F)(F)F)ccc2s1. The van der Waals surface area contributed by atoms with Gasteiger partial charge >= 0.3 is 12.3 Å². The van der Waals surface area contributed by atoms with Crippen LogP contribution in [0.5, 0.6) is 0 Å². The minimum atomic E-state index is -4.40. The Labute approximate surface area is 129 Å². The normalized spacial score (nSPS) is 12.5. The molecule has 1 heterocycles. The number of rotatable bonds is 2. The maximum atomic E-state index is 12.6. The Balaban J connectivity index is 2.09. The highest BCUT2D eigenvalue weighted by molar-refractivity contribution is 7.18. The summed E-state index contributed by atoms with van der Waals surface area (Å²) in [5.74, 6) is 0. The van der Waals surface area contributed by atoms with Crippen LogP contribution in [-0.2, 0) is 17.5 Å². The lowest BCUT2D eigenvalue weighted by atomic mass is 10.2. The molecule has 0 aliphatic rings. The number of thiazole rings is 1. The lowest BCUT2D eigenvalue weighted by molar-refractivity contribution is -0.137. The van der Waals surface area contributed by atoms with Crippen LogP contribution in [0.1, 0.15) is 31.3 Å². The Morgan fingerprint density at radius 3 is 2.59 bits per heavy atom. The van der Waals surface area contributed by atoms with Crippen molar-refractivity contribution in [3.8, 4) is 0 Å². The molecule has 0 saturated carbocycles.